The molecule has 152 valence electrons. The van der Waals surface area contributed by atoms with Gasteiger partial charge in [0.15, 0.2) is 11.5 Å². The van der Waals surface area contributed by atoms with Crippen molar-refractivity contribution in [3.63, 3.8) is 0 Å². The van der Waals surface area contributed by atoms with Crippen molar-refractivity contribution in [1.82, 2.24) is 0 Å². The summed E-state index contributed by atoms with van der Waals surface area (Å²) in [5.41, 5.74) is -0.805. The van der Waals surface area contributed by atoms with Gasteiger partial charge in [-0.25, -0.2) is 9.59 Å². The van der Waals surface area contributed by atoms with Crippen molar-refractivity contribution in [2.75, 3.05) is 13.2 Å². The van der Waals surface area contributed by atoms with Crippen molar-refractivity contribution in [2.45, 2.75) is 58.5 Å². The molecule has 0 aliphatic heterocycles. The van der Waals surface area contributed by atoms with Crippen LogP contribution in [0.3, 0.4) is 0 Å². The number of unbranched alkanes of at least 4 members (excludes halogenated alkanes) is 3. The first-order valence-corrected chi connectivity index (χ1v) is 9.89. The molecule has 0 amide bonds. The van der Waals surface area contributed by atoms with Crippen molar-refractivity contribution in [3.05, 3.63) is 21.7 Å². The molecule has 1 rings (SSSR count). The van der Waals surface area contributed by atoms with E-state index in [2.05, 4.69) is 22.9 Å². The van der Waals surface area contributed by atoms with Gasteiger partial charge in [-0.2, -0.15) is 0 Å². The second-order valence-electron chi connectivity index (χ2n) is 6.21. The summed E-state index contributed by atoms with van der Waals surface area (Å²) in [6.45, 7) is 4.32. The van der Waals surface area contributed by atoms with E-state index in [1.165, 1.54) is 0 Å². The molecule has 0 fully saturated rings. The fraction of sp³-hybridized carbons (Fsp3) is 0.579. The molecular formula is C19H27BrO7. The van der Waals surface area contributed by atoms with Gasteiger partial charge in [-0.15, -0.1) is 0 Å². The Balaban J connectivity index is 3.17. The van der Waals surface area contributed by atoms with Crippen LogP contribution in [-0.4, -0.2) is 46.6 Å². The topological polar surface area (TPSA) is 113 Å². The van der Waals surface area contributed by atoms with Crippen molar-refractivity contribution in [3.8, 4) is 11.5 Å². The SMILES string of the molecule is CCCCCCOc1cc(C(=O)O)c(C(=O)O)c(Br)c1OCC(O)CCC. The van der Waals surface area contributed by atoms with Crippen LogP contribution in [0.25, 0.3) is 0 Å². The van der Waals surface area contributed by atoms with Gasteiger partial charge in [0.1, 0.15) is 6.61 Å². The van der Waals surface area contributed by atoms with E-state index in [9.17, 15) is 24.9 Å². The summed E-state index contributed by atoms with van der Waals surface area (Å²) in [6.07, 6.45) is 4.49. The summed E-state index contributed by atoms with van der Waals surface area (Å²) in [5, 5.41) is 28.7. The monoisotopic (exact) mass is 446 g/mol. The van der Waals surface area contributed by atoms with Crippen molar-refractivity contribution >= 4 is 27.9 Å². The van der Waals surface area contributed by atoms with E-state index in [0.29, 0.717) is 13.0 Å². The van der Waals surface area contributed by atoms with Crippen LogP contribution < -0.4 is 9.47 Å². The molecule has 1 atom stereocenters. The fourth-order valence-corrected chi connectivity index (χ4v) is 3.23. The molecule has 1 aromatic carbocycles. The summed E-state index contributed by atoms with van der Waals surface area (Å²) in [5.74, 6) is -2.54. The quantitative estimate of drug-likeness (QED) is 0.386. The van der Waals surface area contributed by atoms with E-state index in [4.69, 9.17) is 9.47 Å². The van der Waals surface area contributed by atoms with E-state index in [0.717, 1.165) is 38.2 Å². The predicted octanol–water partition coefficient (Wildman–Crippen LogP) is 4.34. The zero-order chi connectivity index (χ0) is 20.4. The Morgan fingerprint density at radius 3 is 2.33 bits per heavy atom. The highest BCUT2D eigenvalue weighted by molar-refractivity contribution is 9.10. The minimum Gasteiger partial charge on any atom is -0.490 e. The molecule has 0 heterocycles. The molecule has 0 aromatic heterocycles. The van der Waals surface area contributed by atoms with Crippen LogP contribution in [0.4, 0.5) is 0 Å². The fourth-order valence-electron chi connectivity index (χ4n) is 2.54. The third kappa shape index (κ3) is 7.03. The largest absolute Gasteiger partial charge is 0.490 e. The Morgan fingerprint density at radius 1 is 1.07 bits per heavy atom. The maximum atomic E-state index is 11.5. The van der Waals surface area contributed by atoms with Crippen LogP contribution in [0.1, 0.15) is 73.1 Å². The first-order chi connectivity index (χ1) is 12.8. The lowest BCUT2D eigenvalue weighted by molar-refractivity contribution is 0.0648. The summed E-state index contributed by atoms with van der Waals surface area (Å²) in [7, 11) is 0. The number of aliphatic hydroxyl groups excluding tert-OH is 1. The predicted molar refractivity (Wildman–Crippen MR) is 104 cm³/mol. The number of carbonyl (C=O) groups is 2. The van der Waals surface area contributed by atoms with E-state index in [1.54, 1.807) is 0 Å². The Labute approximate surface area is 167 Å². The lowest BCUT2D eigenvalue weighted by Gasteiger charge is -2.19. The van der Waals surface area contributed by atoms with E-state index < -0.39 is 23.6 Å². The highest BCUT2D eigenvalue weighted by Gasteiger charge is 2.27. The number of carboxylic acids is 2. The molecule has 1 aromatic rings. The van der Waals surface area contributed by atoms with E-state index >= 15 is 0 Å². The molecule has 27 heavy (non-hydrogen) atoms. The van der Waals surface area contributed by atoms with Crippen molar-refractivity contribution < 1.29 is 34.4 Å². The molecular weight excluding hydrogens is 420 g/mol. The number of aliphatic hydroxyl groups is 1. The second-order valence-corrected chi connectivity index (χ2v) is 7.01. The van der Waals surface area contributed by atoms with E-state index in [1.807, 2.05) is 6.92 Å². The van der Waals surface area contributed by atoms with Crippen molar-refractivity contribution in [1.29, 1.82) is 0 Å². The maximum Gasteiger partial charge on any atom is 0.337 e. The average molecular weight is 447 g/mol. The first-order valence-electron chi connectivity index (χ1n) is 9.10. The van der Waals surface area contributed by atoms with Gasteiger partial charge in [0.25, 0.3) is 0 Å². The number of carboxylic acid groups (broad SMARTS) is 2. The summed E-state index contributed by atoms with van der Waals surface area (Å²) in [6, 6.07) is 1.16. The molecule has 0 radical (unpaired) electrons. The highest BCUT2D eigenvalue weighted by atomic mass is 79.9. The van der Waals surface area contributed by atoms with E-state index in [-0.39, 0.29) is 28.1 Å². The van der Waals surface area contributed by atoms with Crippen LogP contribution in [0.2, 0.25) is 0 Å². The van der Waals surface area contributed by atoms with Crippen molar-refractivity contribution in [2.24, 2.45) is 0 Å². The van der Waals surface area contributed by atoms with Gasteiger partial charge in [-0.1, -0.05) is 39.5 Å². The number of rotatable bonds is 13. The molecule has 0 saturated heterocycles. The molecule has 7 nitrogen and oxygen atoms in total. The Kier molecular flexibility index (Phi) is 10.2. The molecule has 0 saturated carbocycles. The smallest absolute Gasteiger partial charge is 0.337 e. The number of hydrogen-bond donors (Lipinski definition) is 3. The van der Waals surface area contributed by atoms with Crippen LogP contribution >= 0.6 is 15.9 Å². The molecule has 3 N–H and O–H groups in total. The third-order valence-corrected chi connectivity index (χ3v) is 4.69. The number of benzene rings is 1. The maximum absolute atomic E-state index is 11.5. The Morgan fingerprint density at radius 2 is 1.78 bits per heavy atom. The van der Waals surface area contributed by atoms with Gasteiger partial charge in [0.05, 0.1) is 28.3 Å². The van der Waals surface area contributed by atoms with Gasteiger partial charge < -0.3 is 24.8 Å². The Bertz CT molecular complexity index is 645. The highest BCUT2D eigenvalue weighted by Crippen LogP contribution is 2.40. The van der Waals surface area contributed by atoms with Gasteiger partial charge in [0.2, 0.25) is 0 Å². The Hall–Kier alpha value is -1.80. The van der Waals surface area contributed by atoms with Gasteiger partial charge in [0, 0.05) is 0 Å². The summed E-state index contributed by atoms with van der Waals surface area (Å²) in [4.78, 5) is 23.0. The molecule has 0 aliphatic rings. The molecule has 1 unspecified atom stereocenters. The van der Waals surface area contributed by atoms with Gasteiger partial charge >= 0.3 is 11.9 Å². The van der Waals surface area contributed by atoms with Crippen LogP contribution in [0.5, 0.6) is 11.5 Å². The minimum absolute atomic E-state index is 0.0119. The average Bonchev–Trinajstić information content (AvgIpc) is 2.60. The van der Waals surface area contributed by atoms with Gasteiger partial charge in [-0.05, 0) is 34.8 Å². The number of aromatic carboxylic acids is 2. The number of ether oxygens (including phenoxy) is 2. The minimum atomic E-state index is -1.40. The molecule has 8 heteroatoms. The molecule has 0 spiro atoms. The molecule has 0 bridgehead atoms. The van der Waals surface area contributed by atoms with Crippen LogP contribution in [-0.2, 0) is 0 Å². The zero-order valence-corrected chi connectivity index (χ0v) is 17.3. The number of halogens is 1. The molecule has 0 aliphatic carbocycles. The zero-order valence-electron chi connectivity index (χ0n) is 15.7. The second kappa shape index (κ2) is 11.8. The lowest BCUT2D eigenvalue weighted by atomic mass is 10.1. The normalized spacial score (nSPS) is 11.9. The first kappa shape index (κ1) is 23.2. The third-order valence-electron chi connectivity index (χ3n) is 3.93. The number of hydrogen-bond acceptors (Lipinski definition) is 5. The summed E-state index contributed by atoms with van der Waals surface area (Å²) < 4.78 is 11.3. The van der Waals surface area contributed by atoms with Crippen LogP contribution in [0.15, 0.2) is 10.5 Å². The summed E-state index contributed by atoms with van der Waals surface area (Å²) >= 11 is 3.14. The lowest BCUT2D eigenvalue weighted by Crippen LogP contribution is -2.19. The van der Waals surface area contributed by atoms with Gasteiger partial charge in [-0.3, -0.25) is 0 Å². The standard InChI is InChI=1S/C19H27BrO7/c1-3-5-6-7-9-26-14-10-13(18(22)23)15(19(24)25)16(20)17(14)27-11-12(21)8-4-2/h10,12,21H,3-9,11H2,1-2H3,(H,22,23)(H,24,25). The van der Waals surface area contributed by atoms with Crippen LogP contribution in [0, 0.1) is 0 Å².